The summed E-state index contributed by atoms with van der Waals surface area (Å²) in [6.07, 6.45) is 15.0. The molecule has 0 saturated carbocycles. The molecule has 1 aromatic carbocycles. The maximum atomic E-state index is 13.2. The highest BCUT2D eigenvalue weighted by Gasteiger charge is 2.30. The zero-order valence-electron chi connectivity index (χ0n) is 20.1. The molecule has 9 heteroatoms. The third kappa shape index (κ3) is 5.32. The molecule has 1 aliphatic carbocycles. The molecule has 1 N–H and O–H groups in total. The third-order valence-electron chi connectivity index (χ3n) is 6.58. The van der Waals surface area contributed by atoms with Crippen LogP contribution in [0.5, 0.6) is 5.75 Å². The van der Waals surface area contributed by atoms with Crippen LogP contribution in [0.2, 0.25) is 0 Å². The summed E-state index contributed by atoms with van der Waals surface area (Å²) in [6, 6.07) is 9.10. The Morgan fingerprint density at radius 1 is 1.14 bits per heavy atom. The van der Waals surface area contributed by atoms with E-state index in [0.29, 0.717) is 30.1 Å². The largest absolute Gasteiger partial charge is 0.495 e. The van der Waals surface area contributed by atoms with E-state index in [1.54, 1.807) is 43.9 Å². The van der Waals surface area contributed by atoms with Gasteiger partial charge in [-0.05, 0) is 47.5 Å². The number of aliphatic imine (C=N–C) groups is 1. The van der Waals surface area contributed by atoms with Crippen LogP contribution in [-0.4, -0.2) is 75.7 Å². The molecule has 0 bridgehead atoms. The molecule has 1 amide bonds. The monoisotopic (exact) mass is 503 g/mol. The summed E-state index contributed by atoms with van der Waals surface area (Å²) in [5, 5.41) is -0.305. The molecule has 1 aromatic heterocycles. The Labute approximate surface area is 213 Å². The lowest BCUT2D eigenvalue weighted by Gasteiger charge is -2.34. The number of fused-ring (bicyclic) bond motifs is 1. The number of pyridine rings is 1. The molecule has 1 saturated heterocycles. The van der Waals surface area contributed by atoms with E-state index < -0.39 is 11.0 Å². The van der Waals surface area contributed by atoms with E-state index >= 15 is 0 Å². The van der Waals surface area contributed by atoms with Crippen molar-refractivity contribution in [2.45, 2.75) is 17.8 Å². The SMILES string of the molecule is COc1cc(C(=O)N2CCN(Cc3ccncc3)CC2)ccc1NS(=O)C1C=CC=C2C=CC=NC21. The highest BCUT2D eigenvalue weighted by atomic mass is 32.2. The second-order valence-electron chi connectivity index (χ2n) is 8.86. The highest BCUT2D eigenvalue weighted by molar-refractivity contribution is 7.87. The molecule has 3 unspecified atom stereocenters. The number of rotatable bonds is 7. The zero-order chi connectivity index (χ0) is 24.9. The Kier molecular flexibility index (Phi) is 7.39. The Hall–Kier alpha value is -3.56. The van der Waals surface area contributed by atoms with Crippen LogP contribution in [0.15, 0.2) is 83.7 Å². The van der Waals surface area contributed by atoms with Gasteiger partial charge in [0.25, 0.3) is 5.91 Å². The Balaban J connectivity index is 1.21. The van der Waals surface area contributed by atoms with Crippen molar-refractivity contribution < 1.29 is 13.7 Å². The number of methoxy groups -OCH3 is 1. The molecule has 0 spiro atoms. The van der Waals surface area contributed by atoms with Gasteiger partial charge in [-0.2, -0.15) is 0 Å². The van der Waals surface area contributed by atoms with Crippen molar-refractivity contribution in [2.24, 2.45) is 4.99 Å². The number of aromatic nitrogens is 1. The molecule has 2 aliphatic heterocycles. The molecule has 3 aliphatic rings. The normalized spacial score (nSPS) is 22.0. The summed E-state index contributed by atoms with van der Waals surface area (Å²) in [5.74, 6) is 0.450. The Morgan fingerprint density at radius 2 is 1.94 bits per heavy atom. The lowest BCUT2D eigenvalue weighted by molar-refractivity contribution is 0.0628. The molecule has 8 nitrogen and oxygen atoms in total. The number of amides is 1. The van der Waals surface area contributed by atoms with E-state index in [-0.39, 0.29) is 17.2 Å². The number of piperazine rings is 1. The molecule has 1 fully saturated rings. The van der Waals surface area contributed by atoms with Crippen molar-refractivity contribution in [1.29, 1.82) is 0 Å². The summed E-state index contributed by atoms with van der Waals surface area (Å²) >= 11 is 0. The number of allylic oxidation sites excluding steroid dienone is 3. The van der Waals surface area contributed by atoms with Gasteiger partial charge in [0.1, 0.15) is 16.7 Å². The molecule has 186 valence electrons. The van der Waals surface area contributed by atoms with Gasteiger partial charge < -0.3 is 14.4 Å². The number of ether oxygens (including phenoxy) is 1. The van der Waals surface area contributed by atoms with Crippen molar-refractivity contribution in [2.75, 3.05) is 38.0 Å². The lowest BCUT2D eigenvalue weighted by atomic mass is 9.97. The fourth-order valence-corrected chi connectivity index (χ4v) is 5.82. The van der Waals surface area contributed by atoms with E-state index in [4.69, 9.17) is 4.74 Å². The maximum absolute atomic E-state index is 13.2. The number of hydrogen-bond acceptors (Lipinski definition) is 6. The first-order valence-electron chi connectivity index (χ1n) is 12.0. The standard InChI is InChI=1S/C27H29N5O3S/c1-35-24-18-22(27(33)32-16-14-31(15-17-32)19-20-9-12-28-13-10-20)7-8-23(24)30-36(34)25-6-2-4-21-5-3-11-29-26(21)25/h2-13,18,25-26,30H,14-17,19H2,1H3. The predicted molar refractivity (Wildman–Crippen MR) is 143 cm³/mol. The molecule has 36 heavy (non-hydrogen) atoms. The third-order valence-corrected chi connectivity index (χ3v) is 7.92. The fourth-order valence-electron chi connectivity index (χ4n) is 4.60. The highest BCUT2D eigenvalue weighted by Crippen LogP contribution is 2.30. The second kappa shape index (κ2) is 11.0. The van der Waals surface area contributed by atoms with Crippen LogP contribution in [0.4, 0.5) is 5.69 Å². The van der Waals surface area contributed by atoms with E-state index in [1.807, 2.05) is 47.4 Å². The van der Waals surface area contributed by atoms with Gasteiger partial charge in [-0.25, -0.2) is 4.21 Å². The minimum Gasteiger partial charge on any atom is -0.495 e. The number of hydrogen-bond donors (Lipinski definition) is 1. The quantitative estimate of drug-likeness (QED) is 0.628. The van der Waals surface area contributed by atoms with Gasteiger partial charge in [0.15, 0.2) is 0 Å². The first kappa shape index (κ1) is 24.1. The molecule has 2 aromatic rings. The van der Waals surface area contributed by atoms with Gasteiger partial charge in [-0.1, -0.05) is 24.3 Å². The van der Waals surface area contributed by atoms with Crippen LogP contribution in [0.3, 0.4) is 0 Å². The summed E-state index contributed by atoms with van der Waals surface area (Å²) in [5.41, 5.74) is 3.39. The minimum atomic E-state index is -1.44. The van der Waals surface area contributed by atoms with Gasteiger partial charge in [0.2, 0.25) is 0 Å². The van der Waals surface area contributed by atoms with Crippen molar-refractivity contribution in [3.05, 3.63) is 89.8 Å². The molecular formula is C27H29N5O3S. The summed E-state index contributed by atoms with van der Waals surface area (Å²) in [6.45, 7) is 3.81. The van der Waals surface area contributed by atoms with Crippen molar-refractivity contribution in [3.8, 4) is 5.75 Å². The van der Waals surface area contributed by atoms with E-state index in [1.165, 1.54) is 5.56 Å². The average molecular weight is 504 g/mol. The number of carbonyl (C=O) groups excluding carboxylic acids is 1. The van der Waals surface area contributed by atoms with Crippen molar-refractivity contribution in [3.63, 3.8) is 0 Å². The van der Waals surface area contributed by atoms with Crippen molar-refractivity contribution >= 4 is 28.8 Å². The molecule has 3 atom stereocenters. The van der Waals surface area contributed by atoms with Crippen LogP contribution >= 0.6 is 0 Å². The van der Waals surface area contributed by atoms with Crippen LogP contribution in [0, 0.1) is 0 Å². The lowest BCUT2D eigenvalue weighted by Crippen LogP contribution is -2.48. The van der Waals surface area contributed by atoms with E-state index in [9.17, 15) is 9.00 Å². The first-order valence-corrected chi connectivity index (χ1v) is 13.2. The number of benzene rings is 1. The second-order valence-corrected chi connectivity index (χ2v) is 10.2. The molecule has 3 heterocycles. The number of nitrogens with zero attached hydrogens (tertiary/aromatic N) is 4. The van der Waals surface area contributed by atoms with Crippen LogP contribution in [-0.2, 0) is 17.5 Å². The number of nitrogens with one attached hydrogen (secondary N) is 1. The number of anilines is 1. The van der Waals surface area contributed by atoms with Crippen molar-refractivity contribution in [1.82, 2.24) is 14.8 Å². The summed E-state index contributed by atoms with van der Waals surface area (Å²) in [7, 11) is 0.108. The smallest absolute Gasteiger partial charge is 0.254 e. The fraction of sp³-hybridized carbons (Fsp3) is 0.296. The predicted octanol–water partition coefficient (Wildman–Crippen LogP) is 3.00. The van der Waals surface area contributed by atoms with Crippen LogP contribution in [0.25, 0.3) is 0 Å². The maximum Gasteiger partial charge on any atom is 0.254 e. The zero-order valence-corrected chi connectivity index (χ0v) is 20.9. The topological polar surface area (TPSA) is 87.1 Å². The minimum absolute atomic E-state index is 0.0298. The molecule has 0 radical (unpaired) electrons. The average Bonchev–Trinajstić information content (AvgIpc) is 2.93. The summed E-state index contributed by atoms with van der Waals surface area (Å²) in [4.78, 5) is 26.0. The first-order chi connectivity index (χ1) is 17.6. The van der Waals surface area contributed by atoms with Gasteiger partial charge in [0, 0.05) is 56.9 Å². The van der Waals surface area contributed by atoms with Crippen LogP contribution in [0.1, 0.15) is 15.9 Å². The van der Waals surface area contributed by atoms with Gasteiger partial charge >= 0.3 is 0 Å². The van der Waals surface area contributed by atoms with Gasteiger partial charge in [-0.15, -0.1) is 0 Å². The van der Waals surface area contributed by atoms with Gasteiger partial charge in [-0.3, -0.25) is 19.7 Å². The molecule has 5 rings (SSSR count). The Bertz CT molecular complexity index is 1250. The van der Waals surface area contributed by atoms with Gasteiger partial charge in [0.05, 0.1) is 24.1 Å². The van der Waals surface area contributed by atoms with Crippen LogP contribution < -0.4 is 9.46 Å². The summed E-state index contributed by atoms with van der Waals surface area (Å²) < 4.78 is 21.8. The van der Waals surface area contributed by atoms with E-state index in [2.05, 4.69) is 19.6 Å². The number of carbonyl (C=O) groups is 1. The number of dihydropyridines is 1. The molecular weight excluding hydrogens is 474 g/mol. The Morgan fingerprint density at radius 3 is 2.72 bits per heavy atom. The van der Waals surface area contributed by atoms with E-state index in [0.717, 1.165) is 25.2 Å².